The Hall–Kier alpha value is -3.28. The number of urea groups is 1. The molecule has 2 heterocycles. The van der Waals surface area contributed by atoms with Crippen molar-refractivity contribution >= 4 is 17.7 Å². The second-order valence-corrected chi connectivity index (χ2v) is 8.39. The number of ether oxygens (including phenoxy) is 1. The van der Waals surface area contributed by atoms with Crippen molar-refractivity contribution in [1.29, 1.82) is 0 Å². The summed E-state index contributed by atoms with van der Waals surface area (Å²) in [6.45, 7) is 6.33. The Morgan fingerprint density at radius 2 is 1.74 bits per heavy atom. The molecular weight excluding hydrogens is 390 g/mol. The first kappa shape index (κ1) is 21.0. The first-order valence-corrected chi connectivity index (χ1v) is 10.9. The molecule has 2 aliphatic heterocycles. The molecule has 0 saturated carbocycles. The monoisotopic (exact) mass is 419 g/mol. The van der Waals surface area contributed by atoms with E-state index in [9.17, 15) is 9.59 Å². The standard InChI is InChI=1S/C25H29N3O3/c1-17-12-14-28(15-13-17)21-10-8-20(9-11-21)23-22(18(2)26-25(30)27-23)24(29)31-16-19-6-4-3-5-7-19/h3-11,17,23H,12-16H2,1-2H3,(H2,26,27,30). The molecule has 2 amide bonds. The predicted octanol–water partition coefficient (Wildman–Crippen LogP) is 4.29. The van der Waals surface area contributed by atoms with Gasteiger partial charge in [-0.2, -0.15) is 0 Å². The van der Waals surface area contributed by atoms with Crippen molar-refractivity contribution in [3.63, 3.8) is 0 Å². The van der Waals surface area contributed by atoms with Crippen LogP contribution < -0.4 is 15.5 Å². The van der Waals surface area contributed by atoms with Crippen LogP contribution in [0.15, 0.2) is 65.9 Å². The fourth-order valence-electron chi connectivity index (χ4n) is 4.16. The van der Waals surface area contributed by atoms with Crippen LogP contribution >= 0.6 is 0 Å². The lowest BCUT2D eigenvalue weighted by Crippen LogP contribution is -2.45. The van der Waals surface area contributed by atoms with E-state index in [1.165, 1.54) is 18.5 Å². The summed E-state index contributed by atoms with van der Waals surface area (Å²) in [5.74, 6) is 0.339. The quantitative estimate of drug-likeness (QED) is 0.709. The largest absolute Gasteiger partial charge is 0.457 e. The highest BCUT2D eigenvalue weighted by atomic mass is 16.5. The van der Waals surface area contributed by atoms with Gasteiger partial charge in [0.15, 0.2) is 0 Å². The van der Waals surface area contributed by atoms with Crippen molar-refractivity contribution in [3.05, 3.63) is 77.0 Å². The lowest BCUT2D eigenvalue weighted by atomic mass is 9.94. The van der Waals surface area contributed by atoms with Gasteiger partial charge in [0, 0.05) is 24.5 Å². The molecule has 0 radical (unpaired) electrons. The third kappa shape index (κ3) is 4.90. The summed E-state index contributed by atoms with van der Waals surface area (Å²) in [4.78, 5) is 27.5. The van der Waals surface area contributed by atoms with Gasteiger partial charge in [-0.25, -0.2) is 9.59 Å². The van der Waals surface area contributed by atoms with E-state index in [-0.39, 0.29) is 12.6 Å². The number of hydrogen-bond donors (Lipinski definition) is 2. The molecule has 2 aromatic carbocycles. The maximum absolute atomic E-state index is 12.9. The molecule has 1 saturated heterocycles. The molecule has 0 spiro atoms. The number of anilines is 1. The number of hydrogen-bond acceptors (Lipinski definition) is 4. The molecule has 6 heteroatoms. The van der Waals surface area contributed by atoms with Gasteiger partial charge < -0.3 is 20.3 Å². The molecule has 2 N–H and O–H groups in total. The van der Waals surface area contributed by atoms with Crippen molar-refractivity contribution < 1.29 is 14.3 Å². The minimum absolute atomic E-state index is 0.184. The van der Waals surface area contributed by atoms with Crippen LogP contribution in [0.25, 0.3) is 0 Å². The van der Waals surface area contributed by atoms with E-state index in [0.717, 1.165) is 30.1 Å². The smallest absolute Gasteiger partial charge is 0.338 e. The first-order valence-electron chi connectivity index (χ1n) is 10.9. The zero-order valence-electron chi connectivity index (χ0n) is 18.1. The maximum Gasteiger partial charge on any atom is 0.338 e. The minimum Gasteiger partial charge on any atom is -0.457 e. The average molecular weight is 420 g/mol. The van der Waals surface area contributed by atoms with Crippen LogP contribution in [-0.2, 0) is 16.1 Å². The van der Waals surface area contributed by atoms with E-state index in [1.54, 1.807) is 6.92 Å². The zero-order chi connectivity index (χ0) is 21.8. The van der Waals surface area contributed by atoms with Crippen molar-refractivity contribution in [2.75, 3.05) is 18.0 Å². The summed E-state index contributed by atoms with van der Waals surface area (Å²) in [6, 6.07) is 16.8. The fraction of sp³-hybridized carbons (Fsp3) is 0.360. The number of carbonyl (C=O) groups is 2. The van der Waals surface area contributed by atoms with Gasteiger partial charge in [0.2, 0.25) is 0 Å². The number of amides is 2. The molecule has 6 nitrogen and oxygen atoms in total. The van der Waals surface area contributed by atoms with Gasteiger partial charge in [0.25, 0.3) is 0 Å². The summed E-state index contributed by atoms with van der Waals surface area (Å²) in [5.41, 5.74) is 3.88. The summed E-state index contributed by atoms with van der Waals surface area (Å²) >= 11 is 0. The summed E-state index contributed by atoms with van der Waals surface area (Å²) < 4.78 is 5.56. The van der Waals surface area contributed by atoms with Crippen LogP contribution in [0.4, 0.5) is 10.5 Å². The topological polar surface area (TPSA) is 70.7 Å². The van der Waals surface area contributed by atoms with Crippen LogP contribution in [0.5, 0.6) is 0 Å². The Labute approximate surface area is 183 Å². The van der Waals surface area contributed by atoms with Gasteiger partial charge in [0.1, 0.15) is 6.61 Å². The van der Waals surface area contributed by atoms with Gasteiger partial charge in [-0.3, -0.25) is 0 Å². The Kier molecular flexibility index (Phi) is 6.26. The van der Waals surface area contributed by atoms with Crippen molar-refractivity contribution in [3.8, 4) is 0 Å². The molecule has 0 aromatic heterocycles. The molecule has 0 aliphatic carbocycles. The lowest BCUT2D eigenvalue weighted by Gasteiger charge is -2.33. The highest BCUT2D eigenvalue weighted by molar-refractivity contribution is 5.95. The number of piperidine rings is 1. The number of nitrogens with zero attached hydrogens (tertiary/aromatic N) is 1. The molecule has 2 aliphatic rings. The molecule has 4 rings (SSSR count). The number of carbonyl (C=O) groups excluding carboxylic acids is 2. The molecule has 2 aromatic rings. The van der Waals surface area contributed by atoms with E-state index in [0.29, 0.717) is 11.3 Å². The van der Waals surface area contributed by atoms with Gasteiger partial charge in [-0.05, 0) is 48.9 Å². The highest BCUT2D eigenvalue weighted by Crippen LogP contribution is 2.30. The zero-order valence-corrected chi connectivity index (χ0v) is 18.1. The molecule has 0 bridgehead atoms. The second kappa shape index (κ2) is 9.25. The minimum atomic E-state index is -0.549. The van der Waals surface area contributed by atoms with Gasteiger partial charge >= 0.3 is 12.0 Å². The van der Waals surface area contributed by atoms with Crippen molar-refractivity contribution in [2.45, 2.75) is 39.3 Å². The summed E-state index contributed by atoms with van der Waals surface area (Å²) in [5, 5.41) is 5.57. The van der Waals surface area contributed by atoms with Crippen LogP contribution in [-0.4, -0.2) is 25.1 Å². The van der Waals surface area contributed by atoms with Crippen LogP contribution in [0.3, 0.4) is 0 Å². The van der Waals surface area contributed by atoms with Crippen molar-refractivity contribution in [2.24, 2.45) is 5.92 Å². The Morgan fingerprint density at radius 3 is 2.42 bits per heavy atom. The predicted molar refractivity (Wildman–Crippen MR) is 120 cm³/mol. The van der Waals surface area contributed by atoms with Gasteiger partial charge in [-0.1, -0.05) is 49.4 Å². The molecule has 1 fully saturated rings. The maximum atomic E-state index is 12.9. The van der Waals surface area contributed by atoms with Crippen molar-refractivity contribution in [1.82, 2.24) is 10.6 Å². The molecule has 31 heavy (non-hydrogen) atoms. The van der Waals surface area contributed by atoms with Crippen LogP contribution in [0, 0.1) is 5.92 Å². The lowest BCUT2D eigenvalue weighted by molar-refractivity contribution is -0.140. The average Bonchev–Trinajstić information content (AvgIpc) is 2.78. The van der Waals surface area contributed by atoms with Crippen LogP contribution in [0.1, 0.15) is 43.9 Å². The number of allylic oxidation sites excluding steroid dienone is 1. The fourth-order valence-corrected chi connectivity index (χ4v) is 4.16. The molecule has 1 atom stereocenters. The number of benzene rings is 2. The normalized spacial score (nSPS) is 19.6. The van der Waals surface area contributed by atoms with E-state index in [4.69, 9.17) is 4.74 Å². The third-order valence-electron chi connectivity index (χ3n) is 6.08. The Bertz CT molecular complexity index is 961. The number of nitrogens with one attached hydrogen (secondary N) is 2. The molecule has 1 unspecified atom stereocenters. The highest BCUT2D eigenvalue weighted by Gasteiger charge is 2.32. The van der Waals surface area contributed by atoms with Crippen LogP contribution in [0.2, 0.25) is 0 Å². The van der Waals surface area contributed by atoms with Gasteiger partial charge in [0.05, 0.1) is 11.6 Å². The third-order valence-corrected chi connectivity index (χ3v) is 6.08. The number of rotatable bonds is 5. The van der Waals surface area contributed by atoms with Gasteiger partial charge in [-0.15, -0.1) is 0 Å². The summed E-state index contributed by atoms with van der Waals surface area (Å²) in [6.07, 6.45) is 2.40. The molecular formula is C25H29N3O3. The van der Waals surface area contributed by atoms with E-state index in [1.807, 2.05) is 42.5 Å². The molecule has 162 valence electrons. The van der Waals surface area contributed by atoms with E-state index in [2.05, 4.69) is 34.6 Å². The second-order valence-electron chi connectivity index (χ2n) is 8.39. The SMILES string of the molecule is CC1=C(C(=O)OCc2ccccc2)C(c2ccc(N3CCC(C)CC3)cc2)NC(=O)N1. The Balaban J connectivity index is 1.51. The van der Waals surface area contributed by atoms with E-state index < -0.39 is 12.0 Å². The number of esters is 1. The Morgan fingerprint density at radius 1 is 1.06 bits per heavy atom. The first-order chi connectivity index (χ1) is 15.0. The summed E-state index contributed by atoms with van der Waals surface area (Å²) in [7, 11) is 0. The van der Waals surface area contributed by atoms with E-state index >= 15 is 0 Å².